The van der Waals surface area contributed by atoms with E-state index in [0.29, 0.717) is 0 Å². The van der Waals surface area contributed by atoms with Gasteiger partial charge in [-0.05, 0) is 121 Å². The lowest BCUT2D eigenvalue weighted by molar-refractivity contribution is 0.523. The number of hydrogen-bond acceptors (Lipinski definition) is 2. The van der Waals surface area contributed by atoms with Crippen LogP contribution in [0.3, 0.4) is 0 Å². The van der Waals surface area contributed by atoms with Crippen molar-refractivity contribution in [3.63, 3.8) is 0 Å². The minimum absolute atomic E-state index is 0.0574. The molecule has 0 radical (unpaired) electrons. The standard InChI is InChI=1S/C64H48N2/c1-63(2)59-26-13-12-23-53(59)56-40-57-58(41-60(56)63)62(66(51-32-29-44-18-6-9-21-47(44)38-51)52-33-35-64(3)34-15-14-22-48(64)39-52)55-25-11-10-24-54(55)61(57)65(49-30-27-42-16-4-7-19-45(42)36-49)50-31-28-43-17-5-8-20-46(43)37-50/h4-34,36-41H,35H2,1-3H3. The van der Waals surface area contributed by atoms with Gasteiger partial charge in [0.25, 0.3) is 0 Å². The molecule has 0 fully saturated rings. The van der Waals surface area contributed by atoms with Crippen molar-refractivity contribution in [2.24, 2.45) is 5.41 Å². The molecular weight excluding hydrogens is 797 g/mol. The molecule has 3 aliphatic carbocycles. The summed E-state index contributed by atoms with van der Waals surface area (Å²) in [7, 11) is 0. The first-order chi connectivity index (χ1) is 32.3. The molecule has 10 aromatic carbocycles. The zero-order chi connectivity index (χ0) is 44.1. The Bertz CT molecular complexity index is 3720. The summed E-state index contributed by atoms with van der Waals surface area (Å²) in [5, 5.41) is 12.1. The molecule has 10 aromatic rings. The molecule has 0 saturated carbocycles. The van der Waals surface area contributed by atoms with Gasteiger partial charge in [-0.25, -0.2) is 0 Å². The maximum Gasteiger partial charge on any atom is 0.0620 e. The van der Waals surface area contributed by atoms with E-state index in [-0.39, 0.29) is 10.8 Å². The van der Waals surface area contributed by atoms with Gasteiger partial charge in [-0.15, -0.1) is 0 Å². The summed E-state index contributed by atoms with van der Waals surface area (Å²) in [6.45, 7) is 7.17. The Morgan fingerprint density at radius 1 is 0.409 bits per heavy atom. The Balaban J connectivity index is 1.19. The monoisotopic (exact) mass is 844 g/mol. The maximum atomic E-state index is 2.58. The van der Waals surface area contributed by atoms with Gasteiger partial charge >= 0.3 is 0 Å². The minimum Gasteiger partial charge on any atom is -0.310 e. The van der Waals surface area contributed by atoms with Gasteiger partial charge in [-0.3, -0.25) is 0 Å². The molecular formula is C64H48N2. The van der Waals surface area contributed by atoms with Gasteiger partial charge in [0.2, 0.25) is 0 Å². The minimum atomic E-state index is -0.208. The molecule has 0 amide bonds. The third kappa shape index (κ3) is 5.88. The van der Waals surface area contributed by atoms with Gasteiger partial charge in [0.15, 0.2) is 0 Å². The highest BCUT2D eigenvalue weighted by atomic mass is 15.2. The van der Waals surface area contributed by atoms with Crippen molar-refractivity contribution >= 4 is 82.3 Å². The van der Waals surface area contributed by atoms with Crippen LogP contribution in [0, 0.1) is 5.41 Å². The van der Waals surface area contributed by atoms with Crippen LogP contribution in [-0.2, 0) is 5.41 Å². The summed E-state index contributed by atoms with van der Waals surface area (Å²) >= 11 is 0. The van der Waals surface area contributed by atoms with Crippen LogP contribution >= 0.6 is 0 Å². The van der Waals surface area contributed by atoms with Crippen LogP contribution in [0.2, 0.25) is 0 Å². The summed E-state index contributed by atoms with van der Waals surface area (Å²) in [5.74, 6) is 0. The van der Waals surface area contributed by atoms with E-state index in [1.165, 1.54) is 98.8 Å². The van der Waals surface area contributed by atoms with Gasteiger partial charge in [0.05, 0.1) is 11.4 Å². The molecule has 13 rings (SSSR count). The van der Waals surface area contributed by atoms with Crippen LogP contribution < -0.4 is 9.80 Å². The lowest BCUT2D eigenvalue weighted by Gasteiger charge is -2.37. The number of rotatable bonds is 6. The molecule has 0 saturated heterocycles. The number of nitrogens with zero attached hydrogens (tertiary/aromatic N) is 2. The smallest absolute Gasteiger partial charge is 0.0620 e. The average Bonchev–Trinajstić information content (AvgIpc) is 3.58. The van der Waals surface area contributed by atoms with Crippen LogP contribution in [0.4, 0.5) is 28.4 Å². The second-order valence-corrected chi connectivity index (χ2v) is 19.2. The second kappa shape index (κ2) is 14.5. The van der Waals surface area contributed by atoms with Gasteiger partial charge in [0, 0.05) is 55.1 Å². The fourth-order valence-corrected chi connectivity index (χ4v) is 11.4. The fraction of sp³-hybridized carbons (Fsp3) is 0.0938. The molecule has 66 heavy (non-hydrogen) atoms. The molecule has 1 unspecified atom stereocenters. The highest BCUT2D eigenvalue weighted by molar-refractivity contribution is 6.24. The Hall–Kier alpha value is -7.94. The van der Waals surface area contributed by atoms with Crippen molar-refractivity contribution in [2.45, 2.75) is 32.6 Å². The van der Waals surface area contributed by atoms with E-state index in [1.54, 1.807) is 0 Å². The molecule has 0 aliphatic heterocycles. The van der Waals surface area contributed by atoms with E-state index in [4.69, 9.17) is 0 Å². The molecule has 2 nitrogen and oxygen atoms in total. The third-order valence-corrected chi connectivity index (χ3v) is 14.9. The second-order valence-electron chi connectivity index (χ2n) is 19.2. The van der Waals surface area contributed by atoms with E-state index in [9.17, 15) is 0 Å². The topological polar surface area (TPSA) is 6.48 Å². The summed E-state index contributed by atoms with van der Waals surface area (Å²) in [5.41, 5.74) is 13.3. The SMILES string of the molecule is CC12C=CC=CC1=CC(N(c1ccc3ccccc3c1)c1c3ccccc3c(N(c3ccc4ccccc4c3)c3ccc4ccccc4c3)c3cc4c(cc13)C(C)(C)c1ccccc1-4)=CC2. The molecule has 1 atom stereocenters. The Morgan fingerprint density at radius 2 is 0.909 bits per heavy atom. The highest BCUT2D eigenvalue weighted by Gasteiger charge is 2.38. The number of hydrogen-bond donors (Lipinski definition) is 0. The summed E-state index contributed by atoms with van der Waals surface area (Å²) in [6, 6.07) is 70.4. The molecule has 314 valence electrons. The molecule has 2 heteroatoms. The van der Waals surface area contributed by atoms with Crippen LogP contribution in [0.5, 0.6) is 0 Å². The molecule has 0 N–H and O–H groups in total. The maximum absolute atomic E-state index is 2.58. The van der Waals surface area contributed by atoms with Crippen molar-refractivity contribution in [1.82, 2.24) is 0 Å². The van der Waals surface area contributed by atoms with Crippen LogP contribution in [0.25, 0.3) is 65.0 Å². The van der Waals surface area contributed by atoms with E-state index in [1.807, 2.05) is 0 Å². The van der Waals surface area contributed by atoms with Crippen LogP contribution in [0.15, 0.2) is 236 Å². The first kappa shape index (κ1) is 38.5. The van der Waals surface area contributed by atoms with Crippen molar-refractivity contribution in [3.8, 4) is 11.1 Å². The number of anilines is 5. The zero-order valence-electron chi connectivity index (χ0n) is 37.5. The lowest BCUT2D eigenvalue weighted by atomic mass is 9.73. The Morgan fingerprint density at radius 3 is 1.52 bits per heavy atom. The zero-order valence-corrected chi connectivity index (χ0v) is 37.5. The number of allylic oxidation sites excluding steroid dienone is 7. The van der Waals surface area contributed by atoms with E-state index in [0.717, 1.165) is 23.5 Å². The molecule has 3 aliphatic rings. The average molecular weight is 845 g/mol. The predicted molar refractivity (Wildman–Crippen MR) is 282 cm³/mol. The van der Waals surface area contributed by atoms with Gasteiger partial charge < -0.3 is 9.80 Å². The van der Waals surface area contributed by atoms with E-state index >= 15 is 0 Å². The van der Waals surface area contributed by atoms with Crippen molar-refractivity contribution in [2.75, 3.05) is 9.80 Å². The van der Waals surface area contributed by atoms with E-state index < -0.39 is 0 Å². The summed E-state index contributed by atoms with van der Waals surface area (Å²) < 4.78 is 0. The first-order valence-electron chi connectivity index (χ1n) is 23.3. The quantitative estimate of drug-likeness (QED) is 0.122. The summed E-state index contributed by atoms with van der Waals surface area (Å²) in [4.78, 5) is 5.12. The molecule has 0 aromatic heterocycles. The molecule has 0 heterocycles. The predicted octanol–water partition coefficient (Wildman–Crippen LogP) is 17.7. The van der Waals surface area contributed by atoms with Crippen molar-refractivity contribution in [1.29, 1.82) is 0 Å². The third-order valence-electron chi connectivity index (χ3n) is 14.9. The lowest BCUT2D eigenvalue weighted by Crippen LogP contribution is -2.25. The van der Waals surface area contributed by atoms with Gasteiger partial charge in [0.1, 0.15) is 0 Å². The Kier molecular flexibility index (Phi) is 8.48. The molecule has 0 spiro atoms. The van der Waals surface area contributed by atoms with Crippen LogP contribution in [0.1, 0.15) is 38.3 Å². The number of fused-ring (bicyclic) bond motifs is 9. The highest BCUT2D eigenvalue weighted by Crippen LogP contribution is 2.57. The van der Waals surface area contributed by atoms with Crippen molar-refractivity contribution in [3.05, 3.63) is 247 Å². The Labute approximate surface area is 386 Å². The van der Waals surface area contributed by atoms with Crippen molar-refractivity contribution < 1.29 is 0 Å². The van der Waals surface area contributed by atoms with Gasteiger partial charge in [-0.1, -0.05) is 191 Å². The van der Waals surface area contributed by atoms with Gasteiger partial charge in [-0.2, -0.15) is 0 Å². The summed E-state index contributed by atoms with van der Waals surface area (Å²) in [6.07, 6.45) is 14.9. The first-order valence-corrected chi connectivity index (χ1v) is 23.3. The fourth-order valence-electron chi connectivity index (χ4n) is 11.4. The van der Waals surface area contributed by atoms with Crippen LogP contribution in [-0.4, -0.2) is 0 Å². The van der Waals surface area contributed by atoms with E-state index in [2.05, 4.69) is 255 Å². The molecule has 0 bridgehead atoms. The largest absolute Gasteiger partial charge is 0.310 e. The normalized spacial score (nSPS) is 16.9. The number of benzene rings is 10.